The van der Waals surface area contributed by atoms with Gasteiger partial charge in [-0.15, -0.1) is 0 Å². The van der Waals surface area contributed by atoms with E-state index in [4.69, 9.17) is 22.3 Å². The molecule has 0 aliphatic carbocycles. The summed E-state index contributed by atoms with van der Waals surface area (Å²) < 4.78 is 0. The summed E-state index contributed by atoms with van der Waals surface area (Å²) in [4.78, 5) is 22.1. The van der Waals surface area contributed by atoms with Gasteiger partial charge in [0.15, 0.2) is 0 Å². The molecule has 0 aliphatic heterocycles. The van der Waals surface area contributed by atoms with E-state index in [2.05, 4.69) is 5.32 Å². The molecule has 0 bridgehead atoms. The van der Waals surface area contributed by atoms with E-state index >= 15 is 0 Å². The van der Waals surface area contributed by atoms with Crippen molar-refractivity contribution in [2.75, 3.05) is 18.0 Å². The second-order valence-corrected chi connectivity index (χ2v) is 3.47. The Balaban J connectivity index is 2.67. The van der Waals surface area contributed by atoms with E-state index in [0.29, 0.717) is 5.69 Å². The number of carbonyl (C=O) groups is 2. The van der Waals surface area contributed by atoms with Crippen molar-refractivity contribution in [3.63, 3.8) is 0 Å². The van der Waals surface area contributed by atoms with Gasteiger partial charge in [0.25, 0.3) is 5.91 Å². The minimum absolute atomic E-state index is 0.218. The quantitative estimate of drug-likeness (QED) is 0.402. The van der Waals surface area contributed by atoms with Gasteiger partial charge in [0.1, 0.15) is 6.10 Å². The Bertz CT molecular complexity index is 447. The first-order valence-electron chi connectivity index (χ1n) is 4.82. The van der Waals surface area contributed by atoms with Crippen molar-refractivity contribution in [2.24, 2.45) is 5.73 Å². The van der Waals surface area contributed by atoms with Gasteiger partial charge in [-0.25, -0.2) is 0 Å². The highest BCUT2D eigenvalue weighted by Gasteiger charge is 2.14. The van der Waals surface area contributed by atoms with Crippen LogP contribution in [0.4, 0.5) is 11.4 Å². The maximum Gasteiger partial charge on any atom is 0.253 e. The number of hydrogen-bond acceptors (Lipinski definition) is 5. The lowest BCUT2D eigenvalue weighted by Crippen LogP contribution is -2.40. The highest BCUT2D eigenvalue weighted by molar-refractivity contribution is 5.99. The van der Waals surface area contributed by atoms with Crippen LogP contribution in [0.1, 0.15) is 10.4 Å². The highest BCUT2D eigenvalue weighted by atomic mass is 16.3. The molecule has 1 unspecified atom stereocenters. The lowest BCUT2D eigenvalue weighted by molar-refractivity contribution is -0.125. The smallest absolute Gasteiger partial charge is 0.253 e. The number of aliphatic hydroxyl groups is 1. The number of hydrogen-bond donors (Lipinski definition) is 5. The van der Waals surface area contributed by atoms with Crippen molar-refractivity contribution >= 4 is 23.2 Å². The van der Waals surface area contributed by atoms with E-state index in [9.17, 15) is 9.59 Å². The summed E-state index contributed by atoms with van der Waals surface area (Å²) in [6.45, 7) is -0.266. The van der Waals surface area contributed by atoms with Crippen LogP contribution in [-0.2, 0) is 4.79 Å². The van der Waals surface area contributed by atoms with Crippen LogP contribution in [-0.4, -0.2) is 29.6 Å². The van der Waals surface area contributed by atoms with Crippen LogP contribution in [0, 0.1) is 0 Å². The molecular weight excluding hydrogens is 224 g/mol. The Hall–Kier alpha value is -2.28. The van der Waals surface area contributed by atoms with Crippen molar-refractivity contribution in [2.45, 2.75) is 6.10 Å². The third kappa shape index (κ3) is 3.35. The summed E-state index contributed by atoms with van der Waals surface area (Å²) in [5.74, 6) is -1.42. The first-order valence-corrected chi connectivity index (χ1v) is 4.82. The Morgan fingerprint density at radius 3 is 2.53 bits per heavy atom. The molecule has 0 fully saturated rings. The van der Waals surface area contributed by atoms with Gasteiger partial charge < -0.3 is 27.6 Å². The van der Waals surface area contributed by atoms with Gasteiger partial charge in [-0.3, -0.25) is 9.59 Å². The predicted molar refractivity (Wildman–Crippen MR) is 62.8 cm³/mol. The van der Waals surface area contributed by atoms with Crippen LogP contribution in [0.2, 0.25) is 0 Å². The average molecular weight is 238 g/mol. The molecule has 7 heteroatoms. The number of rotatable bonds is 4. The molecule has 0 saturated heterocycles. The molecule has 2 amide bonds. The van der Waals surface area contributed by atoms with Crippen molar-refractivity contribution in [1.82, 2.24) is 5.32 Å². The Kier molecular flexibility index (Phi) is 3.89. The molecule has 1 aromatic carbocycles. The second-order valence-electron chi connectivity index (χ2n) is 3.47. The topological polar surface area (TPSA) is 144 Å². The van der Waals surface area contributed by atoms with Gasteiger partial charge in [-0.05, 0) is 18.2 Å². The Morgan fingerprint density at radius 2 is 2.00 bits per heavy atom. The van der Waals surface area contributed by atoms with E-state index in [-0.39, 0.29) is 17.8 Å². The number of nitrogens with one attached hydrogen (secondary N) is 1. The fourth-order valence-corrected chi connectivity index (χ4v) is 1.17. The van der Waals surface area contributed by atoms with Crippen LogP contribution in [0.15, 0.2) is 18.2 Å². The predicted octanol–water partition coefficient (Wildman–Crippen LogP) is -1.57. The lowest BCUT2D eigenvalue weighted by atomic mass is 10.1. The maximum absolute atomic E-state index is 11.6. The number of amides is 2. The third-order valence-electron chi connectivity index (χ3n) is 2.10. The van der Waals surface area contributed by atoms with E-state index < -0.39 is 17.9 Å². The summed E-state index contributed by atoms with van der Waals surface area (Å²) in [6, 6.07) is 4.42. The summed E-state index contributed by atoms with van der Waals surface area (Å²) in [5, 5.41) is 11.4. The monoisotopic (exact) mass is 238 g/mol. The normalized spacial score (nSPS) is 11.8. The molecule has 1 atom stereocenters. The van der Waals surface area contributed by atoms with Crippen LogP contribution >= 0.6 is 0 Å². The molecule has 1 rings (SSSR count). The van der Waals surface area contributed by atoms with Crippen molar-refractivity contribution in [1.29, 1.82) is 0 Å². The van der Waals surface area contributed by atoms with E-state index in [0.717, 1.165) is 0 Å². The molecule has 0 saturated carbocycles. The number of benzene rings is 1. The van der Waals surface area contributed by atoms with Gasteiger partial charge in [0, 0.05) is 11.4 Å². The third-order valence-corrected chi connectivity index (χ3v) is 2.10. The zero-order chi connectivity index (χ0) is 13.0. The van der Waals surface area contributed by atoms with Crippen LogP contribution in [0.3, 0.4) is 0 Å². The zero-order valence-electron chi connectivity index (χ0n) is 9.01. The minimum atomic E-state index is -1.42. The molecular formula is C10H14N4O3. The molecule has 92 valence electrons. The number of nitrogen functional groups attached to an aromatic ring is 2. The molecule has 0 aromatic heterocycles. The Morgan fingerprint density at radius 1 is 1.35 bits per heavy atom. The molecule has 0 heterocycles. The molecule has 1 aromatic rings. The second kappa shape index (κ2) is 5.17. The van der Waals surface area contributed by atoms with Crippen molar-refractivity contribution in [3.05, 3.63) is 23.8 Å². The molecule has 0 spiro atoms. The van der Waals surface area contributed by atoms with Gasteiger partial charge in [0.05, 0.1) is 12.1 Å². The summed E-state index contributed by atoms with van der Waals surface area (Å²) in [5.41, 5.74) is 16.8. The SMILES string of the molecule is NC(=O)C(O)CNC(=O)c1ccc(N)cc1N. The molecule has 7 nitrogen and oxygen atoms in total. The summed E-state index contributed by atoms with van der Waals surface area (Å²) >= 11 is 0. The van der Waals surface area contributed by atoms with Crippen LogP contribution in [0.5, 0.6) is 0 Å². The number of carbonyl (C=O) groups excluding carboxylic acids is 2. The molecule has 8 N–H and O–H groups in total. The summed E-state index contributed by atoms with van der Waals surface area (Å²) in [7, 11) is 0. The fourth-order valence-electron chi connectivity index (χ4n) is 1.17. The van der Waals surface area contributed by atoms with Crippen LogP contribution in [0.25, 0.3) is 0 Å². The van der Waals surface area contributed by atoms with E-state index in [1.54, 1.807) is 0 Å². The number of aliphatic hydroxyl groups excluding tert-OH is 1. The zero-order valence-corrected chi connectivity index (χ0v) is 9.01. The number of nitrogens with two attached hydrogens (primary N) is 3. The van der Waals surface area contributed by atoms with Gasteiger partial charge >= 0.3 is 0 Å². The highest BCUT2D eigenvalue weighted by Crippen LogP contribution is 2.15. The maximum atomic E-state index is 11.6. The summed E-state index contributed by atoms with van der Waals surface area (Å²) in [6.07, 6.45) is -1.42. The molecule has 0 radical (unpaired) electrons. The van der Waals surface area contributed by atoms with Gasteiger partial charge in [0.2, 0.25) is 5.91 Å². The fraction of sp³-hybridized carbons (Fsp3) is 0.200. The minimum Gasteiger partial charge on any atom is -0.399 e. The standard InChI is InChI=1S/C10H14N4O3/c11-5-1-2-6(7(12)3-5)10(17)14-4-8(15)9(13)16/h1-3,8,15H,4,11-12H2,(H2,13,16)(H,14,17). The Labute approximate surface area is 97.6 Å². The van der Waals surface area contributed by atoms with E-state index in [1.165, 1.54) is 18.2 Å². The van der Waals surface area contributed by atoms with Gasteiger partial charge in [-0.1, -0.05) is 0 Å². The molecule has 17 heavy (non-hydrogen) atoms. The van der Waals surface area contributed by atoms with Gasteiger partial charge in [-0.2, -0.15) is 0 Å². The van der Waals surface area contributed by atoms with E-state index in [1.807, 2.05) is 0 Å². The first-order chi connectivity index (χ1) is 7.91. The van der Waals surface area contributed by atoms with Crippen LogP contribution < -0.4 is 22.5 Å². The average Bonchev–Trinajstić information content (AvgIpc) is 2.25. The van der Waals surface area contributed by atoms with Crippen molar-refractivity contribution in [3.8, 4) is 0 Å². The number of anilines is 2. The number of primary amides is 1. The largest absolute Gasteiger partial charge is 0.399 e. The first kappa shape index (κ1) is 12.8. The lowest BCUT2D eigenvalue weighted by Gasteiger charge is -2.10. The molecule has 0 aliphatic rings. The van der Waals surface area contributed by atoms with Crippen molar-refractivity contribution < 1.29 is 14.7 Å².